The Morgan fingerprint density at radius 2 is 1.93 bits per heavy atom. The Balaban J connectivity index is 0.00000210. The van der Waals surface area contributed by atoms with Crippen LogP contribution < -0.4 is 9.64 Å². The first-order valence-electron chi connectivity index (χ1n) is 9.44. The minimum Gasteiger partial charge on any atom is -0.494 e. The van der Waals surface area contributed by atoms with E-state index in [1.54, 1.807) is 0 Å². The maximum atomic E-state index is 13.4. The molecule has 27 heavy (non-hydrogen) atoms. The van der Waals surface area contributed by atoms with Gasteiger partial charge < -0.3 is 14.5 Å². The number of ether oxygens (including phenoxy) is 1. The minimum absolute atomic E-state index is 0. The first-order valence-corrected chi connectivity index (χ1v) is 9.44. The zero-order valence-corrected chi connectivity index (χ0v) is 17.0. The molecule has 2 aliphatic rings. The highest BCUT2D eigenvalue weighted by molar-refractivity contribution is 6.08. The number of carbonyl (C=O) groups excluding carboxylic acids is 1. The molecule has 0 N–H and O–H groups in total. The van der Waals surface area contributed by atoms with Crippen molar-refractivity contribution < 1.29 is 9.53 Å². The summed E-state index contributed by atoms with van der Waals surface area (Å²) in [5.41, 5.74) is 4.38. The van der Waals surface area contributed by atoms with Gasteiger partial charge in [0.25, 0.3) is 5.91 Å². The van der Waals surface area contributed by atoms with E-state index in [1.807, 2.05) is 36.1 Å². The number of amides is 1. The molecule has 1 amide bonds. The van der Waals surface area contributed by atoms with E-state index in [0.717, 1.165) is 36.5 Å². The first kappa shape index (κ1) is 19.7. The number of hydrogen-bond donors (Lipinski definition) is 0. The normalized spacial score (nSPS) is 21.2. The number of nitrogens with zero attached hydrogens (tertiary/aromatic N) is 2. The highest BCUT2D eigenvalue weighted by Gasteiger charge is 2.44. The van der Waals surface area contributed by atoms with Crippen LogP contribution >= 0.6 is 12.4 Å². The van der Waals surface area contributed by atoms with Crippen molar-refractivity contribution in [2.45, 2.75) is 32.2 Å². The fraction of sp³-hybridized carbons (Fsp3) is 0.409. The molecule has 4 rings (SSSR count). The predicted molar refractivity (Wildman–Crippen MR) is 111 cm³/mol. The number of hydrogen-bond acceptors (Lipinski definition) is 3. The van der Waals surface area contributed by atoms with Gasteiger partial charge in [0.05, 0.1) is 6.61 Å². The van der Waals surface area contributed by atoms with Gasteiger partial charge in [-0.1, -0.05) is 17.7 Å². The van der Waals surface area contributed by atoms with Gasteiger partial charge in [0, 0.05) is 29.8 Å². The quantitative estimate of drug-likeness (QED) is 0.789. The monoisotopic (exact) mass is 386 g/mol. The molecule has 1 saturated heterocycles. The molecule has 5 heteroatoms. The second-order valence-corrected chi connectivity index (χ2v) is 7.42. The van der Waals surface area contributed by atoms with E-state index in [9.17, 15) is 4.79 Å². The lowest BCUT2D eigenvalue weighted by Crippen LogP contribution is -2.47. The molecule has 0 radical (unpaired) electrons. The van der Waals surface area contributed by atoms with Gasteiger partial charge in [-0.2, -0.15) is 0 Å². The third kappa shape index (κ3) is 3.56. The molecule has 0 spiro atoms. The molecule has 1 fully saturated rings. The lowest BCUT2D eigenvalue weighted by atomic mass is 9.88. The molecule has 4 nitrogen and oxygen atoms in total. The van der Waals surface area contributed by atoms with E-state index in [-0.39, 0.29) is 24.4 Å². The van der Waals surface area contributed by atoms with Crippen molar-refractivity contribution in [2.24, 2.45) is 0 Å². The van der Waals surface area contributed by atoms with Gasteiger partial charge in [0.2, 0.25) is 0 Å². The molecular weight excluding hydrogens is 360 g/mol. The van der Waals surface area contributed by atoms with E-state index < -0.39 is 0 Å². The average molecular weight is 387 g/mol. The minimum atomic E-state index is 0. The van der Waals surface area contributed by atoms with Gasteiger partial charge in [0.1, 0.15) is 5.75 Å². The van der Waals surface area contributed by atoms with E-state index in [0.29, 0.717) is 12.5 Å². The van der Waals surface area contributed by atoms with Crippen LogP contribution in [-0.2, 0) is 0 Å². The SMILES string of the molecule is CCOc1ccc(C(=O)N2c3ccc(C)cc3C3CN(C)CCC32)cc1.Cl. The van der Waals surface area contributed by atoms with Gasteiger partial charge in [0.15, 0.2) is 0 Å². The molecule has 2 atom stereocenters. The average Bonchev–Trinajstić information content (AvgIpc) is 2.95. The number of fused-ring (bicyclic) bond motifs is 3. The lowest BCUT2D eigenvalue weighted by Gasteiger charge is -2.36. The highest BCUT2D eigenvalue weighted by Crippen LogP contribution is 2.45. The number of carbonyl (C=O) groups is 1. The number of likely N-dealkylation sites (tertiary alicyclic amines) is 1. The number of anilines is 1. The Bertz CT molecular complexity index is 822. The standard InChI is InChI=1S/C22H26N2O2.ClH/c1-4-26-17-8-6-16(7-9-17)22(25)24-20-10-5-15(2)13-18(20)19-14-23(3)12-11-21(19)24;/h5-10,13,19,21H,4,11-12,14H2,1-3H3;1H. The fourth-order valence-electron chi connectivity index (χ4n) is 4.35. The van der Waals surface area contributed by atoms with Crippen molar-refractivity contribution in [1.29, 1.82) is 0 Å². The van der Waals surface area contributed by atoms with Gasteiger partial charge in [-0.05, 0) is 69.8 Å². The molecule has 0 aliphatic carbocycles. The number of likely N-dealkylation sites (N-methyl/N-ethyl adjacent to an activating group) is 1. The Morgan fingerprint density at radius 1 is 1.19 bits per heavy atom. The smallest absolute Gasteiger partial charge is 0.258 e. The molecule has 0 saturated carbocycles. The second kappa shape index (κ2) is 7.91. The van der Waals surface area contributed by atoms with Gasteiger partial charge in [-0.15, -0.1) is 12.4 Å². The summed E-state index contributed by atoms with van der Waals surface area (Å²) < 4.78 is 5.50. The van der Waals surface area contributed by atoms with Crippen LogP contribution in [0.4, 0.5) is 5.69 Å². The van der Waals surface area contributed by atoms with Crippen LogP contribution in [0.5, 0.6) is 5.75 Å². The van der Waals surface area contributed by atoms with E-state index in [1.165, 1.54) is 11.1 Å². The zero-order valence-electron chi connectivity index (χ0n) is 16.1. The van der Waals surface area contributed by atoms with Crippen molar-refractivity contribution >= 4 is 24.0 Å². The van der Waals surface area contributed by atoms with Crippen LogP contribution in [-0.4, -0.2) is 43.6 Å². The van der Waals surface area contributed by atoms with Crippen molar-refractivity contribution in [3.05, 3.63) is 59.2 Å². The molecule has 144 valence electrons. The zero-order chi connectivity index (χ0) is 18.3. The summed E-state index contributed by atoms with van der Waals surface area (Å²) in [5.74, 6) is 1.30. The summed E-state index contributed by atoms with van der Waals surface area (Å²) in [4.78, 5) is 17.8. The first-order chi connectivity index (χ1) is 12.6. The Morgan fingerprint density at radius 3 is 2.63 bits per heavy atom. The van der Waals surface area contributed by atoms with Crippen molar-refractivity contribution in [2.75, 3.05) is 31.6 Å². The predicted octanol–water partition coefficient (Wildman–Crippen LogP) is 4.26. The number of benzene rings is 2. The van der Waals surface area contributed by atoms with Crippen molar-refractivity contribution in [3.8, 4) is 5.75 Å². The number of piperidine rings is 1. The third-order valence-electron chi connectivity index (χ3n) is 5.58. The largest absolute Gasteiger partial charge is 0.494 e. The topological polar surface area (TPSA) is 32.8 Å². The molecular formula is C22H27ClN2O2. The summed E-state index contributed by atoms with van der Waals surface area (Å²) in [6, 6.07) is 14.3. The summed E-state index contributed by atoms with van der Waals surface area (Å²) in [7, 11) is 2.17. The van der Waals surface area contributed by atoms with E-state index in [4.69, 9.17) is 4.74 Å². The molecule has 2 aromatic carbocycles. The molecule has 2 unspecified atom stereocenters. The van der Waals surface area contributed by atoms with Crippen LogP contribution in [0.2, 0.25) is 0 Å². The van der Waals surface area contributed by atoms with Crippen LogP contribution in [0.1, 0.15) is 40.7 Å². The summed E-state index contributed by atoms with van der Waals surface area (Å²) >= 11 is 0. The Labute approximate surface area is 167 Å². The third-order valence-corrected chi connectivity index (χ3v) is 5.58. The van der Waals surface area contributed by atoms with Crippen LogP contribution in [0, 0.1) is 6.92 Å². The highest BCUT2D eigenvalue weighted by atomic mass is 35.5. The van der Waals surface area contributed by atoms with Crippen molar-refractivity contribution in [3.63, 3.8) is 0 Å². The molecule has 2 aromatic rings. The number of rotatable bonds is 3. The second-order valence-electron chi connectivity index (χ2n) is 7.42. The summed E-state index contributed by atoms with van der Waals surface area (Å²) in [6.07, 6.45) is 1.01. The maximum absolute atomic E-state index is 13.4. The van der Waals surface area contributed by atoms with Crippen molar-refractivity contribution in [1.82, 2.24) is 4.90 Å². The van der Waals surface area contributed by atoms with Gasteiger partial charge in [-0.3, -0.25) is 4.79 Å². The van der Waals surface area contributed by atoms with E-state index >= 15 is 0 Å². The lowest BCUT2D eigenvalue weighted by molar-refractivity contribution is 0.0964. The summed E-state index contributed by atoms with van der Waals surface area (Å²) in [5, 5.41) is 0. The molecule has 0 bridgehead atoms. The van der Waals surface area contributed by atoms with Gasteiger partial charge >= 0.3 is 0 Å². The van der Waals surface area contributed by atoms with Crippen LogP contribution in [0.25, 0.3) is 0 Å². The number of halogens is 1. The Kier molecular flexibility index (Phi) is 5.78. The van der Waals surface area contributed by atoms with Crippen LogP contribution in [0.15, 0.2) is 42.5 Å². The van der Waals surface area contributed by atoms with Crippen LogP contribution in [0.3, 0.4) is 0 Å². The Hall–Kier alpha value is -2.04. The maximum Gasteiger partial charge on any atom is 0.258 e. The molecule has 0 aromatic heterocycles. The van der Waals surface area contributed by atoms with Gasteiger partial charge in [-0.25, -0.2) is 0 Å². The fourth-order valence-corrected chi connectivity index (χ4v) is 4.35. The van der Waals surface area contributed by atoms with E-state index in [2.05, 4.69) is 37.1 Å². The summed E-state index contributed by atoms with van der Waals surface area (Å²) in [6.45, 7) is 6.75. The number of aryl methyl sites for hydroxylation is 1. The molecule has 2 heterocycles. The molecule has 2 aliphatic heterocycles.